The number of benzene rings is 1. The zero-order chi connectivity index (χ0) is 14.9. The Hall–Kier alpha value is -0.430. The minimum absolute atomic E-state index is 0.104. The van der Waals surface area contributed by atoms with Gasteiger partial charge in [0, 0.05) is 39.5 Å². The fourth-order valence-electron chi connectivity index (χ4n) is 2.28. The predicted octanol–water partition coefficient (Wildman–Crippen LogP) is 2.98. The van der Waals surface area contributed by atoms with E-state index in [0.717, 1.165) is 10.6 Å². The molecule has 1 unspecified atom stereocenters. The number of hydrogen-bond donors (Lipinski definition) is 0. The normalized spacial score (nSPS) is 19.6. The van der Waals surface area contributed by atoms with Gasteiger partial charge in [-0.25, -0.2) is 8.42 Å². The smallest absolute Gasteiger partial charge is 0.232 e. The summed E-state index contributed by atoms with van der Waals surface area (Å²) in [5.74, 6) is -0.571. The minimum atomic E-state index is -3.60. The van der Waals surface area contributed by atoms with Crippen LogP contribution in [0.5, 0.6) is 0 Å². The lowest BCUT2D eigenvalue weighted by atomic mass is 10.1. The van der Waals surface area contributed by atoms with E-state index >= 15 is 0 Å². The van der Waals surface area contributed by atoms with Gasteiger partial charge < -0.3 is 4.90 Å². The number of anilines is 1. The Kier molecular flexibility index (Phi) is 4.89. The highest BCUT2D eigenvalue weighted by Gasteiger charge is 2.34. The van der Waals surface area contributed by atoms with Crippen LogP contribution in [0.2, 0.25) is 5.02 Å². The van der Waals surface area contributed by atoms with Crippen LogP contribution in [0.4, 0.5) is 5.69 Å². The van der Waals surface area contributed by atoms with Crippen LogP contribution in [-0.2, 0) is 13.8 Å². The molecule has 0 N–H and O–H groups in total. The van der Waals surface area contributed by atoms with Gasteiger partial charge in [0.15, 0.2) is 0 Å². The highest BCUT2D eigenvalue weighted by atomic mass is 35.7. The Morgan fingerprint density at radius 3 is 2.75 bits per heavy atom. The first-order valence-electron chi connectivity index (χ1n) is 5.86. The maximum absolute atomic E-state index is 12.1. The first-order chi connectivity index (χ1) is 9.30. The first-order valence-corrected chi connectivity index (χ1v) is 9.94. The van der Waals surface area contributed by atoms with E-state index in [9.17, 15) is 13.2 Å². The highest BCUT2D eigenvalue weighted by Crippen LogP contribution is 2.35. The van der Waals surface area contributed by atoms with E-state index in [0.29, 0.717) is 11.6 Å². The van der Waals surface area contributed by atoms with Gasteiger partial charge in [-0.1, -0.05) is 11.6 Å². The summed E-state index contributed by atoms with van der Waals surface area (Å²) in [5.41, 5.74) is 0.726. The molecule has 0 aromatic heterocycles. The van der Waals surface area contributed by atoms with Crippen molar-refractivity contribution in [2.24, 2.45) is 5.92 Å². The molecular weight excluding hydrogens is 341 g/mol. The van der Waals surface area contributed by atoms with E-state index in [1.165, 1.54) is 11.8 Å². The number of carbonyl (C=O) groups is 1. The molecule has 1 amide bonds. The molecule has 1 fully saturated rings. The third-order valence-corrected chi connectivity index (χ3v) is 5.34. The van der Waals surface area contributed by atoms with Crippen molar-refractivity contribution in [3.05, 3.63) is 23.2 Å². The Labute approximate surface area is 131 Å². The predicted molar refractivity (Wildman–Crippen MR) is 83.3 cm³/mol. The molecule has 110 valence electrons. The second kappa shape index (κ2) is 6.13. The summed E-state index contributed by atoms with van der Waals surface area (Å²) in [6, 6.07) is 5.34. The Morgan fingerprint density at radius 1 is 1.45 bits per heavy atom. The molecule has 0 radical (unpaired) electrons. The zero-order valence-electron chi connectivity index (χ0n) is 10.7. The van der Waals surface area contributed by atoms with Crippen LogP contribution >= 0.6 is 34.0 Å². The molecule has 8 heteroatoms. The Balaban J connectivity index is 2.26. The summed E-state index contributed by atoms with van der Waals surface area (Å²) >= 11 is 7.49. The van der Waals surface area contributed by atoms with Crippen molar-refractivity contribution in [2.75, 3.05) is 23.5 Å². The molecule has 1 aliphatic rings. The fourth-order valence-corrected chi connectivity index (χ4v) is 4.35. The number of thioether (sulfide) groups is 1. The number of rotatable bonds is 4. The van der Waals surface area contributed by atoms with Crippen molar-refractivity contribution in [1.82, 2.24) is 0 Å². The van der Waals surface area contributed by atoms with Crippen molar-refractivity contribution in [3.8, 4) is 0 Å². The largest absolute Gasteiger partial charge is 0.311 e. The lowest BCUT2D eigenvalue weighted by Gasteiger charge is -2.19. The van der Waals surface area contributed by atoms with Gasteiger partial charge in [0.1, 0.15) is 0 Å². The van der Waals surface area contributed by atoms with Crippen LogP contribution in [0, 0.1) is 5.92 Å². The topological polar surface area (TPSA) is 54.5 Å². The second-order valence-electron chi connectivity index (χ2n) is 4.60. The van der Waals surface area contributed by atoms with Crippen molar-refractivity contribution >= 4 is 54.7 Å². The molecule has 1 aliphatic heterocycles. The molecule has 1 aromatic carbocycles. The Bertz CT molecular complexity index is 634. The van der Waals surface area contributed by atoms with Crippen LogP contribution in [0.15, 0.2) is 23.1 Å². The Morgan fingerprint density at radius 2 is 2.15 bits per heavy atom. The third kappa shape index (κ3) is 3.81. The molecule has 0 spiro atoms. The molecule has 0 aliphatic carbocycles. The lowest BCUT2D eigenvalue weighted by molar-refractivity contribution is -0.117. The summed E-state index contributed by atoms with van der Waals surface area (Å²) in [6.07, 6.45) is 2.10. The van der Waals surface area contributed by atoms with Crippen molar-refractivity contribution in [1.29, 1.82) is 0 Å². The van der Waals surface area contributed by atoms with Crippen molar-refractivity contribution in [2.45, 2.75) is 11.3 Å². The van der Waals surface area contributed by atoms with Gasteiger partial charge >= 0.3 is 0 Å². The fraction of sp³-hybridized carbons (Fsp3) is 0.417. The molecule has 1 saturated heterocycles. The molecule has 1 atom stereocenters. The zero-order valence-corrected chi connectivity index (χ0v) is 13.8. The second-order valence-corrected chi connectivity index (χ2v) is 8.70. The highest BCUT2D eigenvalue weighted by molar-refractivity contribution is 8.13. The molecule has 0 bridgehead atoms. The number of halogens is 2. The van der Waals surface area contributed by atoms with Gasteiger partial charge in [0.25, 0.3) is 0 Å². The molecule has 20 heavy (non-hydrogen) atoms. The molecule has 0 saturated carbocycles. The average Bonchev–Trinajstić information content (AvgIpc) is 2.67. The van der Waals surface area contributed by atoms with Crippen LogP contribution < -0.4 is 4.90 Å². The van der Waals surface area contributed by atoms with E-state index < -0.39 is 9.05 Å². The quantitative estimate of drug-likeness (QED) is 0.616. The van der Waals surface area contributed by atoms with Gasteiger partial charge in [-0.05, 0) is 24.5 Å². The summed E-state index contributed by atoms with van der Waals surface area (Å²) in [4.78, 5) is 14.6. The maximum atomic E-state index is 12.1. The molecule has 2 rings (SSSR count). The van der Waals surface area contributed by atoms with Crippen LogP contribution in [-0.4, -0.2) is 32.9 Å². The molecular formula is C12H13Cl2NO3S2. The van der Waals surface area contributed by atoms with E-state index in [1.54, 1.807) is 17.0 Å². The summed E-state index contributed by atoms with van der Waals surface area (Å²) in [7, 11) is 1.66. The molecule has 1 heterocycles. The van der Waals surface area contributed by atoms with Gasteiger partial charge in [0.05, 0.1) is 11.4 Å². The van der Waals surface area contributed by atoms with E-state index in [1.807, 2.05) is 12.3 Å². The van der Waals surface area contributed by atoms with Crippen LogP contribution in [0.25, 0.3) is 0 Å². The first kappa shape index (κ1) is 15.9. The third-order valence-electron chi connectivity index (χ3n) is 3.07. The number of hydrogen-bond acceptors (Lipinski definition) is 4. The van der Waals surface area contributed by atoms with Crippen molar-refractivity contribution < 1.29 is 13.2 Å². The summed E-state index contributed by atoms with van der Waals surface area (Å²) in [6.45, 7) is 0.346. The molecule has 1 aromatic rings. The standard InChI is InChI=1S/C12H13Cl2NO3S2/c1-19-11-3-2-9(13)5-10(11)15-6-8(4-12(15)16)7-20(14,17)18/h2-3,5,8H,4,6-7H2,1H3. The number of amides is 1. The van der Waals surface area contributed by atoms with Gasteiger partial charge in [-0.15, -0.1) is 11.8 Å². The van der Waals surface area contributed by atoms with E-state index in [4.69, 9.17) is 22.3 Å². The van der Waals surface area contributed by atoms with Gasteiger partial charge in [-0.2, -0.15) is 0 Å². The number of nitrogens with zero attached hydrogens (tertiary/aromatic N) is 1. The SMILES string of the molecule is CSc1ccc(Cl)cc1N1CC(CS(=O)(=O)Cl)CC1=O. The number of carbonyl (C=O) groups excluding carboxylic acids is 1. The maximum Gasteiger partial charge on any atom is 0.232 e. The molecule has 4 nitrogen and oxygen atoms in total. The lowest BCUT2D eigenvalue weighted by Crippen LogP contribution is -2.25. The van der Waals surface area contributed by atoms with Crippen LogP contribution in [0.3, 0.4) is 0 Å². The van der Waals surface area contributed by atoms with Crippen molar-refractivity contribution in [3.63, 3.8) is 0 Å². The average molecular weight is 354 g/mol. The minimum Gasteiger partial charge on any atom is -0.311 e. The monoisotopic (exact) mass is 353 g/mol. The van der Waals surface area contributed by atoms with Gasteiger partial charge in [0.2, 0.25) is 15.0 Å². The van der Waals surface area contributed by atoms with E-state index in [2.05, 4.69) is 0 Å². The summed E-state index contributed by atoms with van der Waals surface area (Å²) < 4.78 is 22.2. The van der Waals surface area contributed by atoms with Crippen LogP contribution in [0.1, 0.15) is 6.42 Å². The van der Waals surface area contributed by atoms with Gasteiger partial charge in [-0.3, -0.25) is 4.79 Å². The summed E-state index contributed by atoms with van der Waals surface area (Å²) in [5, 5.41) is 0.541. The van der Waals surface area contributed by atoms with E-state index in [-0.39, 0.29) is 24.0 Å².